The molecule has 0 radical (unpaired) electrons. The van der Waals surface area contributed by atoms with Gasteiger partial charge in [-0.25, -0.2) is 0 Å². The van der Waals surface area contributed by atoms with Gasteiger partial charge in [-0.2, -0.15) is 0 Å². The Labute approximate surface area is 177 Å². The second-order valence-corrected chi connectivity index (χ2v) is 10.9. The van der Waals surface area contributed by atoms with E-state index in [0.29, 0.717) is 25.7 Å². The van der Waals surface area contributed by atoms with E-state index in [0.717, 1.165) is 10.5 Å². The lowest BCUT2D eigenvalue weighted by molar-refractivity contribution is -0.140. The van der Waals surface area contributed by atoms with E-state index in [4.69, 9.17) is 0 Å². The van der Waals surface area contributed by atoms with Gasteiger partial charge in [0.2, 0.25) is 0 Å². The molecule has 5 heteroatoms. The second-order valence-electron chi connectivity index (χ2n) is 9.98. The number of Topliss-reactive ketones (excluding diaryl/α,β-unsaturated/α-hetero) is 3. The first kappa shape index (κ1) is 21.8. The number of benzene rings is 1. The first-order valence-corrected chi connectivity index (χ1v) is 11.3. The number of hydrogen-bond donors (Lipinski definition) is 1. The number of rotatable bonds is 4. The molecule has 1 N–H and O–H groups in total. The van der Waals surface area contributed by atoms with Gasteiger partial charge in [0.05, 0.1) is 5.92 Å². The molecule has 0 aromatic heterocycles. The van der Waals surface area contributed by atoms with Gasteiger partial charge in [0.1, 0.15) is 17.3 Å². The number of hydrogen-bond acceptors (Lipinski definition) is 5. The number of carbonyl (C=O) groups excluding carboxylic acids is 3. The average Bonchev–Trinajstić information content (AvgIpc) is 2.57. The van der Waals surface area contributed by atoms with Crippen LogP contribution in [0.5, 0.6) is 0 Å². The van der Waals surface area contributed by atoms with Crippen LogP contribution in [0.2, 0.25) is 0 Å². The Morgan fingerprint density at radius 3 is 1.90 bits per heavy atom. The molecule has 0 bridgehead atoms. The predicted molar refractivity (Wildman–Crippen MR) is 115 cm³/mol. The summed E-state index contributed by atoms with van der Waals surface area (Å²) in [7, 11) is 0. The molecule has 3 rings (SSSR count). The fourth-order valence-electron chi connectivity index (χ4n) is 4.77. The van der Waals surface area contributed by atoms with Gasteiger partial charge in [0, 0.05) is 42.1 Å². The van der Waals surface area contributed by atoms with Crippen molar-refractivity contribution in [1.29, 1.82) is 0 Å². The molecule has 29 heavy (non-hydrogen) atoms. The molecule has 1 atom stereocenters. The Kier molecular flexibility index (Phi) is 5.83. The SMILES string of the molecule is CSc1ccc([C@@H](C2=C(O)CC(C)(C)CC2=O)C2C(=O)CC(C)(C)CC2=O)cc1. The summed E-state index contributed by atoms with van der Waals surface area (Å²) in [5.41, 5.74) is 0.296. The lowest BCUT2D eigenvalue weighted by atomic mass is 9.62. The maximum Gasteiger partial charge on any atom is 0.163 e. The van der Waals surface area contributed by atoms with E-state index in [1.54, 1.807) is 11.8 Å². The summed E-state index contributed by atoms with van der Waals surface area (Å²) in [4.78, 5) is 40.4. The highest BCUT2D eigenvalue weighted by Gasteiger charge is 2.48. The van der Waals surface area contributed by atoms with Crippen molar-refractivity contribution in [2.45, 2.75) is 64.2 Å². The Hall–Kier alpha value is -1.88. The van der Waals surface area contributed by atoms with Crippen molar-refractivity contribution in [3.8, 4) is 0 Å². The zero-order chi connectivity index (χ0) is 21.6. The predicted octanol–water partition coefficient (Wildman–Crippen LogP) is 5.27. The molecule has 0 amide bonds. The monoisotopic (exact) mass is 414 g/mol. The van der Waals surface area contributed by atoms with E-state index in [1.165, 1.54) is 0 Å². The van der Waals surface area contributed by atoms with Gasteiger partial charge in [0.15, 0.2) is 5.78 Å². The van der Waals surface area contributed by atoms with E-state index in [-0.39, 0.29) is 39.5 Å². The summed E-state index contributed by atoms with van der Waals surface area (Å²) in [6.07, 6.45) is 3.25. The van der Waals surface area contributed by atoms with Crippen molar-refractivity contribution < 1.29 is 19.5 Å². The summed E-state index contributed by atoms with van der Waals surface area (Å²) < 4.78 is 0. The van der Waals surface area contributed by atoms with Crippen molar-refractivity contribution in [1.82, 2.24) is 0 Å². The minimum Gasteiger partial charge on any atom is -0.512 e. The smallest absolute Gasteiger partial charge is 0.163 e. The highest BCUT2D eigenvalue weighted by atomic mass is 32.2. The molecule has 156 valence electrons. The first-order valence-electron chi connectivity index (χ1n) is 10.1. The fourth-order valence-corrected chi connectivity index (χ4v) is 5.18. The van der Waals surface area contributed by atoms with Crippen molar-refractivity contribution >= 4 is 29.1 Å². The highest BCUT2D eigenvalue weighted by molar-refractivity contribution is 7.98. The van der Waals surface area contributed by atoms with Crippen LogP contribution in [0.1, 0.15) is 64.9 Å². The van der Waals surface area contributed by atoms with Gasteiger partial charge < -0.3 is 5.11 Å². The van der Waals surface area contributed by atoms with Crippen LogP contribution >= 0.6 is 11.8 Å². The number of allylic oxidation sites excluding steroid dienone is 2. The Morgan fingerprint density at radius 1 is 0.897 bits per heavy atom. The van der Waals surface area contributed by atoms with Gasteiger partial charge >= 0.3 is 0 Å². The van der Waals surface area contributed by atoms with E-state index in [9.17, 15) is 19.5 Å². The molecule has 1 aromatic carbocycles. The van der Waals surface area contributed by atoms with Crippen LogP contribution in [-0.2, 0) is 14.4 Å². The molecule has 1 saturated carbocycles. The number of aliphatic hydroxyl groups excluding tert-OH is 1. The normalized spacial score (nSPS) is 23.4. The van der Waals surface area contributed by atoms with E-state index >= 15 is 0 Å². The summed E-state index contributed by atoms with van der Waals surface area (Å²) in [5.74, 6) is -2.04. The van der Waals surface area contributed by atoms with Crippen LogP contribution < -0.4 is 0 Å². The topological polar surface area (TPSA) is 71.4 Å². The van der Waals surface area contributed by atoms with Crippen molar-refractivity contribution in [2.75, 3.05) is 6.26 Å². The molecule has 2 aliphatic carbocycles. The second kappa shape index (κ2) is 7.75. The van der Waals surface area contributed by atoms with Crippen LogP contribution in [0.15, 0.2) is 40.5 Å². The Morgan fingerprint density at radius 2 is 1.41 bits per heavy atom. The Bertz CT molecular complexity index is 857. The van der Waals surface area contributed by atoms with Gasteiger partial charge in [-0.1, -0.05) is 39.8 Å². The third-order valence-electron chi connectivity index (χ3n) is 6.02. The van der Waals surface area contributed by atoms with Gasteiger partial charge in [0.25, 0.3) is 0 Å². The van der Waals surface area contributed by atoms with Crippen LogP contribution in [0.4, 0.5) is 0 Å². The third kappa shape index (κ3) is 4.50. The van der Waals surface area contributed by atoms with Gasteiger partial charge in [-0.15, -0.1) is 11.8 Å². The minimum atomic E-state index is -0.912. The molecule has 1 aromatic rings. The van der Waals surface area contributed by atoms with E-state index in [2.05, 4.69) is 0 Å². The average molecular weight is 415 g/mol. The van der Waals surface area contributed by atoms with Crippen molar-refractivity contribution in [3.63, 3.8) is 0 Å². The summed E-state index contributed by atoms with van der Waals surface area (Å²) in [6, 6.07) is 7.63. The molecule has 0 spiro atoms. The molecule has 0 aliphatic heterocycles. The molecule has 4 nitrogen and oxygen atoms in total. The Balaban J connectivity index is 2.14. The van der Waals surface area contributed by atoms with Gasteiger partial charge in [-0.3, -0.25) is 14.4 Å². The molecular formula is C24H30O4S. The van der Waals surface area contributed by atoms with Crippen molar-refractivity contribution in [3.05, 3.63) is 41.2 Å². The third-order valence-corrected chi connectivity index (χ3v) is 6.76. The van der Waals surface area contributed by atoms with Crippen molar-refractivity contribution in [2.24, 2.45) is 16.7 Å². The largest absolute Gasteiger partial charge is 0.512 e. The summed E-state index contributed by atoms with van der Waals surface area (Å²) in [6.45, 7) is 7.73. The van der Waals surface area contributed by atoms with Crippen LogP contribution in [-0.4, -0.2) is 28.7 Å². The molecular weight excluding hydrogens is 384 g/mol. The standard InChI is InChI=1S/C24H30O4S/c1-23(2)10-16(25)21(17(26)11-23)20(14-6-8-15(29-5)9-7-14)22-18(27)12-24(3,4)13-19(22)28/h6-9,20-21,27H,10-13H2,1-5H3/t20-/m1/s1. The summed E-state index contributed by atoms with van der Waals surface area (Å²) >= 11 is 1.60. The number of carbonyl (C=O) groups is 3. The minimum absolute atomic E-state index is 0.0237. The van der Waals surface area contributed by atoms with Crippen LogP contribution in [0.25, 0.3) is 0 Å². The van der Waals surface area contributed by atoms with Gasteiger partial charge in [-0.05, 0) is 34.8 Å². The zero-order valence-electron chi connectivity index (χ0n) is 17.9. The molecule has 1 fully saturated rings. The number of ketones is 3. The van der Waals surface area contributed by atoms with Crippen LogP contribution in [0.3, 0.4) is 0 Å². The quantitative estimate of drug-likeness (QED) is 0.537. The lowest BCUT2D eigenvalue weighted by Crippen LogP contribution is -2.43. The fraction of sp³-hybridized carbons (Fsp3) is 0.542. The van der Waals surface area contributed by atoms with Crippen LogP contribution in [0, 0.1) is 16.7 Å². The van der Waals surface area contributed by atoms with E-state index < -0.39 is 11.8 Å². The maximum atomic E-state index is 13.1. The zero-order valence-corrected chi connectivity index (χ0v) is 18.7. The molecule has 0 heterocycles. The highest BCUT2D eigenvalue weighted by Crippen LogP contribution is 2.47. The molecule has 0 unspecified atom stereocenters. The first-order chi connectivity index (χ1) is 13.4. The lowest BCUT2D eigenvalue weighted by Gasteiger charge is -2.39. The molecule has 0 saturated heterocycles. The molecule has 2 aliphatic rings. The number of aliphatic hydroxyl groups is 1. The summed E-state index contributed by atoms with van der Waals surface area (Å²) in [5, 5.41) is 10.8. The maximum absolute atomic E-state index is 13.1. The van der Waals surface area contributed by atoms with E-state index in [1.807, 2.05) is 58.2 Å². The number of thioether (sulfide) groups is 1.